The first-order valence-electron chi connectivity index (χ1n) is 5.89. The van der Waals surface area contributed by atoms with Gasteiger partial charge in [0.2, 0.25) is 5.91 Å². The number of hydrogen-bond donors (Lipinski definition) is 1. The summed E-state index contributed by atoms with van der Waals surface area (Å²) in [5, 5.41) is 0. The first-order chi connectivity index (χ1) is 7.99. The van der Waals surface area contributed by atoms with Gasteiger partial charge in [-0.2, -0.15) is 0 Å². The van der Waals surface area contributed by atoms with Gasteiger partial charge in [0, 0.05) is 18.4 Å². The largest absolute Gasteiger partial charge is 0.370 e. The molecule has 17 heavy (non-hydrogen) atoms. The van der Waals surface area contributed by atoms with Gasteiger partial charge in [0.05, 0.1) is 0 Å². The summed E-state index contributed by atoms with van der Waals surface area (Å²) < 4.78 is 0. The van der Waals surface area contributed by atoms with E-state index in [9.17, 15) is 9.59 Å². The summed E-state index contributed by atoms with van der Waals surface area (Å²) in [6.07, 6.45) is 1.32. The lowest BCUT2D eigenvalue weighted by molar-refractivity contribution is -0.118. The molecule has 3 heteroatoms. The molecule has 0 atom stereocenters. The van der Waals surface area contributed by atoms with Gasteiger partial charge in [-0.05, 0) is 17.9 Å². The molecule has 0 aliphatic heterocycles. The summed E-state index contributed by atoms with van der Waals surface area (Å²) in [6.45, 7) is 4.32. The highest BCUT2D eigenvalue weighted by Gasteiger charge is 2.07. The lowest BCUT2D eigenvalue weighted by Crippen LogP contribution is -2.12. The van der Waals surface area contributed by atoms with Gasteiger partial charge >= 0.3 is 0 Å². The van der Waals surface area contributed by atoms with Crippen molar-refractivity contribution >= 4 is 11.7 Å². The molecule has 0 bridgehead atoms. The molecule has 0 unspecified atom stereocenters. The predicted octanol–water partition coefficient (Wildman–Crippen LogP) is 2.33. The Morgan fingerprint density at radius 1 is 1.12 bits per heavy atom. The van der Waals surface area contributed by atoms with Gasteiger partial charge in [-0.25, -0.2) is 0 Å². The minimum Gasteiger partial charge on any atom is -0.370 e. The van der Waals surface area contributed by atoms with Crippen molar-refractivity contribution in [2.45, 2.75) is 33.1 Å². The van der Waals surface area contributed by atoms with Crippen LogP contribution in [0.2, 0.25) is 0 Å². The maximum Gasteiger partial charge on any atom is 0.217 e. The average molecular weight is 233 g/mol. The van der Waals surface area contributed by atoms with Crippen LogP contribution in [0.4, 0.5) is 0 Å². The van der Waals surface area contributed by atoms with Crippen LogP contribution in [0.15, 0.2) is 24.3 Å². The molecular formula is C14H19NO2. The van der Waals surface area contributed by atoms with E-state index in [-0.39, 0.29) is 18.6 Å². The molecule has 0 saturated heterocycles. The van der Waals surface area contributed by atoms with Crippen LogP contribution in [0.3, 0.4) is 0 Å². The third-order valence-corrected chi connectivity index (χ3v) is 2.52. The Labute approximate surface area is 102 Å². The zero-order valence-corrected chi connectivity index (χ0v) is 10.4. The Kier molecular flexibility index (Phi) is 4.88. The molecule has 0 aromatic heterocycles. The van der Waals surface area contributed by atoms with Crippen LogP contribution in [0.1, 0.15) is 42.6 Å². The first kappa shape index (κ1) is 13.4. The topological polar surface area (TPSA) is 60.2 Å². The second-order valence-corrected chi connectivity index (χ2v) is 4.68. The van der Waals surface area contributed by atoms with Crippen LogP contribution in [0, 0.1) is 5.92 Å². The normalized spacial score (nSPS) is 10.5. The van der Waals surface area contributed by atoms with Crippen molar-refractivity contribution in [3.63, 3.8) is 0 Å². The Hall–Kier alpha value is -1.64. The molecule has 0 radical (unpaired) electrons. The number of nitrogens with two attached hydrogens (primary N) is 1. The predicted molar refractivity (Wildman–Crippen MR) is 67.7 cm³/mol. The smallest absolute Gasteiger partial charge is 0.217 e. The highest BCUT2D eigenvalue weighted by molar-refractivity contribution is 5.97. The van der Waals surface area contributed by atoms with Gasteiger partial charge in [-0.1, -0.05) is 38.1 Å². The molecule has 0 spiro atoms. The van der Waals surface area contributed by atoms with E-state index in [1.807, 2.05) is 24.3 Å². The molecule has 0 fully saturated rings. The van der Waals surface area contributed by atoms with Crippen molar-refractivity contribution in [1.82, 2.24) is 0 Å². The molecule has 0 aliphatic carbocycles. The van der Waals surface area contributed by atoms with E-state index in [0.29, 0.717) is 11.5 Å². The lowest BCUT2D eigenvalue weighted by Gasteiger charge is -2.05. The quantitative estimate of drug-likeness (QED) is 0.766. The van der Waals surface area contributed by atoms with E-state index in [2.05, 4.69) is 13.8 Å². The molecule has 1 rings (SSSR count). The van der Waals surface area contributed by atoms with Gasteiger partial charge in [-0.3, -0.25) is 9.59 Å². The van der Waals surface area contributed by atoms with Crippen molar-refractivity contribution < 1.29 is 9.59 Å². The summed E-state index contributed by atoms with van der Waals surface area (Å²) in [5.74, 6) is 0.140. The highest BCUT2D eigenvalue weighted by Crippen LogP contribution is 2.11. The van der Waals surface area contributed by atoms with Gasteiger partial charge in [-0.15, -0.1) is 0 Å². The van der Waals surface area contributed by atoms with Gasteiger partial charge in [0.25, 0.3) is 0 Å². The van der Waals surface area contributed by atoms with Crippen LogP contribution < -0.4 is 5.73 Å². The van der Waals surface area contributed by atoms with Gasteiger partial charge < -0.3 is 5.73 Å². The molecule has 0 heterocycles. The van der Waals surface area contributed by atoms with E-state index < -0.39 is 5.91 Å². The highest BCUT2D eigenvalue weighted by atomic mass is 16.1. The second kappa shape index (κ2) is 6.18. The molecule has 0 saturated carbocycles. The van der Waals surface area contributed by atoms with Gasteiger partial charge in [0.15, 0.2) is 5.78 Å². The Balaban J connectivity index is 2.60. The number of amides is 1. The fourth-order valence-electron chi connectivity index (χ4n) is 1.68. The molecule has 1 aromatic carbocycles. The molecule has 0 aliphatic rings. The monoisotopic (exact) mass is 233 g/mol. The Bertz CT molecular complexity index is 393. The van der Waals surface area contributed by atoms with E-state index in [4.69, 9.17) is 5.73 Å². The summed E-state index contributed by atoms with van der Waals surface area (Å²) in [5.41, 5.74) is 6.89. The number of primary amides is 1. The number of rotatable bonds is 6. The van der Waals surface area contributed by atoms with Crippen LogP contribution in [-0.2, 0) is 11.2 Å². The second-order valence-electron chi connectivity index (χ2n) is 4.68. The zero-order valence-electron chi connectivity index (χ0n) is 10.4. The minimum atomic E-state index is -0.435. The maximum atomic E-state index is 11.7. The van der Waals surface area contributed by atoms with E-state index in [0.717, 1.165) is 6.42 Å². The zero-order chi connectivity index (χ0) is 12.8. The van der Waals surface area contributed by atoms with Crippen molar-refractivity contribution in [2.24, 2.45) is 11.7 Å². The standard InChI is InChI=1S/C14H19NO2/c1-10(2)9-11-3-5-12(6-4-11)13(16)7-8-14(15)17/h3-6,10H,7-9H2,1-2H3,(H2,15,17). The number of carbonyl (C=O) groups is 2. The van der Waals surface area contributed by atoms with Crippen LogP contribution >= 0.6 is 0 Å². The van der Waals surface area contributed by atoms with Crippen molar-refractivity contribution in [3.05, 3.63) is 35.4 Å². The third kappa shape index (κ3) is 4.81. The molecule has 1 amide bonds. The van der Waals surface area contributed by atoms with Crippen LogP contribution in [0.25, 0.3) is 0 Å². The van der Waals surface area contributed by atoms with Crippen molar-refractivity contribution in [2.75, 3.05) is 0 Å². The van der Waals surface area contributed by atoms with Crippen molar-refractivity contribution in [3.8, 4) is 0 Å². The third-order valence-electron chi connectivity index (χ3n) is 2.52. The van der Waals surface area contributed by atoms with Gasteiger partial charge in [0.1, 0.15) is 0 Å². The lowest BCUT2D eigenvalue weighted by atomic mass is 9.99. The SMILES string of the molecule is CC(C)Cc1ccc(C(=O)CCC(N)=O)cc1. The summed E-state index contributed by atoms with van der Waals surface area (Å²) in [6, 6.07) is 7.58. The fourth-order valence-corrected chi connectivity index (χ4v) is 1.68. The van der Waals surface area contributed by atoms with E-state index in [1.165, 1.54) is 5.56 Å². The van der Waals surface area contributed by atoms with E-state index in [1.54, 1.807) is 0 Å². The summed E-state index contributed by atoms with van der Waals surface area (Å²) >= 11 is 0. The minimum absolute atomic E-state index is 0.0279. The Morgan fingerprint density at radius 2 is 1.71 bits per heavy atom. The summed E-state index contributed by atoms with van der Waals surface area (Å²) in [7, 11) is 0. The first-order valence-corrected chi connectivity index (χ1v) is 5.89. The number of hydrogen-bond acceptors (Lipinski definition) is 2. The number of ketones is 1. The molecule has 3 nitrogen and oxygen atoms in total. The number of carbonyl (C=O) groups excluding carboxylic acids is 2. The molecule has 2 N–H and O–H groups in total. The average Bonchev–Trinajstić information content (AvgIpc) is 2.26. The number of Topliss-reactive ketones (excluding diaryl/α,β-unsaturated/α-hetero) is 1. The van der Waals surface area contributed by atoms with Crippen LogP contribution in [0.5, 0.6) is 0 Å². The number of benzene rings is 1. The summed E-state index contributed by atoms with van der Waals surface area (Å²) in [4.78, 5) is 22.3. The molecule has 1 aromatic rings. The van der Waals surface area contributed by atoms with Crippen LogP contribution in [-0.4, -0.2) is 11.7 Å². The van der Waals surface area contributed by atoms with Crippen molar-refractivity contribution in [1.29, 1.82) is 0 Å². The maximum absolute atomic E-state index is 11.7. The van der Waals surface area contributed by atoms with E-state index >= 15 is 0 Å². The Morgan fingerprint density at radius 3 is 2.18 bits per heavy atom. The fraction of sp³-hybridized carbons (Fsp3) is 0.429. The molecule has 92 valence electrons. The molecular weight excluding hydrogens is 214 g/mol.